The highest BCUT2D eigenvalue weighted by Crippen LogP contribution is 2.41. The standard InChI is InChI=1S/C20H28N2O4/c1-14-10-17(15(2)26-14)19(24)21-7-5-20(6-8-21)11-18(23)22(13-20)12-16-4-3-9-25-16/h10,16H,3-9,11-13H2,1-2H3/t16-/m0/s1. The van der Waals surface area contributed by atoms with Crippen LogP contribution in [0.4, 0.5) is 0 Å². The average molecular weight is 360 g/mol. The van der Waals surface area contributed by atoms with Crippen molar-refractivity contribution < 1.29 is 18.7 Å². The third kappa shape index (κ3) is 3.27. The Balaban J connectivity index is 1.36. The second kappa shape index (κ2) is 6.72. The van der Waals surface area contributed by atoms with Crippen LogP contribution in [-0.4, -0.2) is 60.5 Å². The Labute approximate surface area is 154 Å². The highest BCUT2D eigenvalue weighted by atomic mass is 16.5. The first-order valence-electron chi connectivity index (χ1n) is 9.71. The Morgan fingerprint density at radius 2 is 2.08 bits per heavy atom. The maximum Gasteiger partial charge on any atom is 0.257 e. The van der Waals surface area contributed by atoms with Gasteiger partial charge in [0.2, 0.25) is 5.91 Å². The average Bonchev–Trinajstić information content (AvgIpc) is 3.30. The Kier molecular flexibility index (Phi) is 4.55. The van der Waals surface area contributed by atoms with Crippen LogP contribution in [0.5, 0.6) is 0 Å². The highest BCUT2D eigenvalue weighted by Gasteiger charge is 2.46. The van der Waals surface area contributed by atoms with Crippen molar-refractivity contribution >= 4 is 11.8 Å². The van der Waals surface area contributed by atoms with Gasteiger partial charge in [-0.3, -0.25) is 9.59 Å². The molecule has 3 aliphatic rings. The first-order chi connectivity index (χ1) is 12.5. The maximum atomic E-state index is 12.8. The molecule has 26 heavy (non-hydrogen) atoms. The fraction of sp³-hybridized carbons (Fsp3) is 0.700. The lowest BCUT2D eigenvalue weighted by Gasteiger charge is -2.38. The number of aryl methyl sites for hydroxylation is 2. The zero-order valence-corrected chi connectivity index (χ0v) is 15.8. The minimum Gasteiger partial charge on any atom is -0.466 e. The van der Waals surface area contributed by atoms with Crippen LogP contribution in [-0.2, 0) is 9.53 Å². The molecule has 0 aliphatic carbocycles. The lowest BCUT2D eigenvalue weighted by atomic mass is 9.77. The molecule has 0 saturated carbocycles. The summed E-state index contributed by atoms with van der Waals surface area (Å²) in [5, 5.41) is 0. The van der Waals surface area contributed by atoms with Gasteiger partial charge in [0.25, 0.3) is 5.91 Å². The van der Waals surface area contributed by atoms with E-state index in [9.17, 15) is 9.59 Å². The summed E-state index contributed by atoms with van der Waals surface area (Å²) < 4.78 is 11.2. The van der Waals surface area contributed by atoms with E-state index in [2.05, 4.69) is 0 Å². The van der Waals surface area contributed by atoms with Crippen molar-refractivity contribution in [2.24, 2.45) is 5.41 Å². The van der Waals surface area contributed by atoms with E-state index in [4.69, 9.17) is 9.15 Å². The minimum atomic E-state index is 0.0355. The first-order valence-corrected chi connectivity index (χ1v) is 9.71. The van der Waals surface area contributed by atoms with Gasteiger partial charge in [-0.15, -0.1) is 0 Å². The molecule has 4 rings (SSSR count). The van der Waals surface area contributed by atoms with Gasteiger partial charge in [0.05, 0.1) is 11.7 Å². The second-order valence-electron chi connectivity index (χ2n) is 8.21. The largest absolute Gasteiger partial charge is 0.466 e. The molecule has 1 aromatic rings. The summed E-state index contributed by atoms with van der Waals surface area (Å²) in [7, 11) is 0. The topological polar surface area (TPSA) is 63.0 Å². The van der Waals surface area contributed by atoms with E-state index in [0.717, 1.165) is 51.1 Å². The number of ether oxygens (including phenoxy) is 1. The fourth-order valence-corrected chi connectivity index (χ4v) is 4.71. The molecule has 0 aromatic carbocycles. The summed E-state index contributed by atoms with van der Waals surface area (Å²) >= 11 is 0. The van der Waals surface area contributed by atoms with Gasteiger partial charge in [0.15, 0.2) is 0 Å². The lowest BCUT2D eigenvalue weighted by molar-refractivity contribution is -0.129. The van der Waals surface area contributed by atoms with Crippen molar-refractivity contribution in [3.63, 3.8) is 0 Å². The quantitative estimate of drug-likeness (QED) is 0.831. The molecule has 0 unspecified atom stereocenters. The van der Waals surface area contributed by atoms with Crippen LogP contribution in [0, 0.1) is 19.3 Å². The van der Waals surface area contributed by atoms with Crippen LogP contribution in [0.15, 0.2) is 10.5 Å². The van der Waals surface area contributed by atoms with Gasteiger partial charge in [-0.25, -0.2) is 0 Å². The molecular weight excluding hydrogens is 332 g/mol. The molecule has 1 aromatic heterocycles. The van der Waals surface area contributed by atoms with Crippen LogP contribution < -0.4 is 0 Å². The molecule has 142 valence electrons. The molecule has 6 nitrogen and oxygen atoms in total. The van der Waals surface area contributed by atoms with Crippen molar-refractivity contribution in [3.05, 3.63) is 23.2 Å². The predicted molar refractivity (Wildman–Crippen MR) is 95.9 cm³/mol. The number of rotatable bonds is 3. The highest BCUT2D eigenvalue weighted by molar-refractivity contribution is 5.95. The van der Waals surface area contributed by atoms with E-state index in [-0.39, 0.29) is 23.3 Å². The number of likely N-dealkylation sites (tertiary alicyclic amines) is 2. The molecule has 0 bridgehead atoms. The van der Waals surface area contributed by atoms with E-state index in [1.54, 1.807) is 0 Å². The van der Waals surface area contributed by atoms with Crippen molar-refractivity contribution in [2.45, 2.75) is 52.1 Å². The summed E-state index contributed by atoms with van der Waals surface area (Å²) in [6.45, 7) is 7.50. The molecule has 4 heterocycles. The van der Waals surface area contributed by atoms with Gasteiger partial charge in [0.1, 0.15) is 11.5 Å². The molecule has 6 heteroatoms. The van der Waals surface area contributed by atoms with E-state index in [0.29, 0.717) is 30.8 Å². The Morgan fingerprint density at radius 3 is 2.69 bits per heavy atom. The number of piperidine rings is 1. The summed E-state index contributed by atoms with van der Waals surface area (Å²) in [6.07, 6.45) is 4.77. The second-order valence-corrected chi connectivity index (χ2v) is 8.21. The number of carbonyl (C=O) groups is 2. The van der Waals surface area contributed by atoms with E-state index < -0.39 is 0 Å². The molecule has 1 spiro atoms. The van der Waals surface area contributed by atoms with Crippen LogP contribution in [0.2, 0.25) is 0 Å². The van der Waals surface area contributed by atoms with Crippen molar-refractivity contribution in [1.82, 2.24) is 9.80 Å². The van der Waals surface area contributed by atoms with Gasteiger partial charge in [-0.1, -0.05) is 0 Å². The predicted octanol–water partition coefficient (Wildman–Crippen LogP) is 2.53. The number of hydrogen-bond acceptors (Lipinski definition) is 4. The third-order valence-electron chi connectivity index (χ3n) is 6.24. The summed E-state index contributed by atoms with van der Waals surface area (Å²) in [5.41, 5.74) is 0.703. The van der Waals surface area contributed by atoms with Crippen molar-refractivity contribution in [1.29, 1.82) is 0 Å². The molecule has 3 fully saturated rings. The first kappa shape index (κ1) is 17.6. The smallest absolute Gasteiger partial charge is 0.257 e. The zero-order valence-electron chi connectivity index (χ0n) is 15.8. The van der Waals surface area contributed by atoms with Crippen molar-refractivity contribution in [2.75, 3.05) is 32.8 Å². The maximum absolute atomic E-state index is 12.8. The lowest BCUT2D eigenvalue weighted by Crippen LogP contribution is -2.44. The summed E-state index contributed by atoms with van der Waals surface area (Å²) in [6, 6.07) is 1.82. The van der Waals surface area contributed by atoms with Crippen LogP contribution in [0.1, 0.15) is 54.0 Å². The number of amides is 2. The normalized spacial score (nSPS) is 25.5. The van der Waals surface area contributed by atoms with E-state index in [1.807, 2.05) is 29.7 Å². The SMILES string of the molecule is Cc1cc(C(=O)N2CCC3(CC2)CC(=O)N(C[C@@H]2CCCO2)C3)c(C)o1. The van der Waals surface area contributed by atoms with Crippen LogP contribution in [0.3, 0.4) is 0 Å². The van der Waals surface area contributed by atoms with Crippen LogP contribution >= 0.6 is 0 Å². The Morgan fingerprint density at radius 1 is 1.31 bits per heavy atom. The third-order valence-corrected chi connectivity index (χ3v) is 6.24. The fourth-order valence-electron chi connectivity index (χ4n) is 4.71. The van der Waals surface area contributed by atoms with Gasteiger partial charge in [-0.2, -0.15) is 0 Å². The molecule has 1 atom stereocenters. The van der Waals surface area contributed by atoms with Gasteiger partial charge < -0.3 is 19.0 Å². The molecule has 0 N–H and O–H groups in total. The minimum absolute atomic E-state index is 0.0355. The molecule has 3 aliphatic heterocycles. The summed E-state index contributed by atoms with van der Waals surface area (Å²) in [4.78, 5) is 29.2. The van der Waals surface area contributed by atoms with Gasteiger partial charge in [0, 0.05) is 44.6 Å². The Bertz CT molecular complexity index is 697. The number of furan rings is 1. The Hall–Kier alpha value is -1.82. The van der Waals surface area contributed by atoms with Gasteiger partial charge in [-0.05, 0) is 45.6 Å². The number of nitrogens with zero attached hydrogens (tertiary/aromatic N) is 2. The zero-order chi connectivity index (χ0) is 18.3. The number of hydrogen-bond donors (Lipinski definition) is 0. The van der Waals surface area contributed by atoms with Gasteiger partial charge >= 0.3 is 0 Å². The van der Waals surface area contributed by atoms with E-state index >= 15 is 0 Å². The van der Waals surface area contributed by atoms with Crippen LogP contribution in [0.25, 0.3) is 0 Å². The summed E-state index contributed by atoms with van der Waals surface area (Å²) in [5.74, 6) is 1.76. The molecule has 3 saturated heterocycles. The number of carbonyl (C=O) groups excluding carboxylic acids is 2. The van der Waals surface area contributed by atoms with Crippen molar-refractivity contribution in [3.8, 4) is 0 Å². The van der Waals surface area contributed by atoms with E-state index in [1.165, 1.54) is 0 Å². The monoisotopic (exact) mass is 360 g/mol. The molecule has 0 radical (unpaired) electrons. The molecular formula is C20H28N2O4. The molecule has 2 amide bonds.